The summed E-state index contributed by atoms with van der Waals surface area (Å²) in [6, 6.07) is 23.5. The summed E-state index contributed by atoms with van der Waals surface area (Å²) in [7, 11) is -1.55. The Labute approximate surface area is 308 Å². The Balaban J connectivity index is 1.60. The molecule has 0 bridgehead atoms. The molecule has 0 saturated heterocycles. The van der Waals surface area contributed by atoms with Gasteiger partial charge in [-0.05, 0) is 72.5 Å². The number of nitrogens with one attached hydrogen (secondary N) is 1. The van der Waals surface area contributed by atoms with Gasteiger partial charge in [0, 0.05) is 40.1 Å². The maximum absolute atomic E-state index is 14.8. The molecule has 0 unspecified atom stereocenters. The van der Waals surface area contributed by atoms with E-state index in [1.165, 1.54) is 61.6 Å². The van der Waals surface area contributed by atoms with Crippen LogP contribution in [-0.2, 0) is 32.6 Å². The highest BCUT2D eigenvalue weighted by Gasteiger charge is 2.36. The van der Waals surface area contributed by atoms with E-state index in [4.69, 9.17) is 44.3 Å². The summed E-state index contributed by atoms with van der Waals surface area (Å²) in [5.74, 6) is -0.428. The SMILES string of the molecule is COc1ccc(S(=O)(=O)N(CC(=O)N(Cc2ccc(Cl)cc2Cl)[C@@H](Cc2ccccc2)C(=O)NC2CCCC2)c2ccc(Cl)cc2)cc1OC. The van der Waals surface area contributed by atoms with Crippen LogP contribution in [0.4, 0.5) is 5.69 Å². The van der Waals surface area contributed by atoms with E-state index in [0.29, 0.717) is 26.4 Å². The first kappa shape index (κ1) is 37.3. The maximum atomic E-state index is 14.8. The van der Waals surface area contributed by atoms with E-state index < -0.39 is 28.5 Å². The van der Waals surface area contributed by atoms with Gasteiger partial charge >= 0.3 is 0 Å². The number of methoxy groups -OCH3 is 2. The fourth-order valence-corrected chi connectivity index (χ4v) is 8.02. The van der Waals surface area contributed by atoms with Gasteiger partial charge in [0.15, 0.2) is 11.5 Å². The largest absolute Gasteiger partial charge is 0.493 e. The highest BCUT2D eigenvalue weighted by Crippen LogP contribution is 2.33. The molecule has 1 fully saturated rings. The smallest absolute Gasteiger partial charge is 0.264 e. The zero-order chi connectivity index (χ0) is 35.8. The molecular formula is C37H38Cl3N3O6S. The van der Waals surface area contributed by atoms with Crippen molar-refractivity contribution in [1.82, 2.24) is 10.2 Å². The van der Waals surface area contributed by atoms with Crippen LogP contribution in [-0.4, -0.2) is 58.0 Å². The lowest BCUT2D eigenvalue weighted by molar-refractivity contribution is -0.140. The van der Waals surface area contributed by atoms with Crippen LogP contribution in [0.15, 0.2) is 95.9 Å². The number of rotatable bonds is 14. The van der Waals surface area contributed by atoms with Gasteiger partial charge in [0.25, 0.3) is 10.0 Å². The quantitative estimate of drug-likeness (QED) is 0.142. The van der Waals surface area contributed by atoms with Crippen LogP contribution in [0.25, 0.3) is 0 Å². The van der Waals surface area contributed by atoms with Gasteiger partial charge in [-0.25, -0.2) is 8.42 Å². The Hall–Kier alpha value is -3.96. The number of amides is 2. The Kier molecular flexibility index (Phi) is 12.6. The average Bonchev–Trinajstić information content (AvgIpc) is 3.63. The summed E-state index contributed by atoms with van der Waals surface area (Å²) in [6.07, 6.45) is 3.87. The molecule has 0 spiro atoms. The second kappa shape index (κ2) is 16.8. The van der Waals surface area contributed by atoms with Crippen molar-refractivity contribution in [3.63, 3.8) is 0 Å². The predicted molar refractivity (Wildman–Crippen MR) is 197 cm³/mol. The lowest BCUT2D eigenvalue weighted by atomic mass is 10.0. The molecule has 0 heterocycles. The molecule has 0 aromatic heterocycles. The number of hydrogen-bond donors (Lipinski definition) is 1. The summed E-state index contributed by atoms with van der Waals surface area (Å²) >= 11 is 19.0. The van der Waals surface area contributed by atoms with E-state index in [1.54, 1.807) is 18.2 Å². The van der Waals surface area contributed by atoms with Crippen LogP contribution < -0.4 is 19.1 Å². The van der Waals surface area contributed by atoms with Crippen LogP contribution in [0.5, 0.6) is 11.5 Å². The number of anilines is 1. The highest BCUT2D eigenvalue weighted by molar-refractivity contribution is 7.92. The number of ether oxygens (including phenoxy) is 2. The van der Waals surface area contributed by atoms with E-state index >= 15 is 0 Å². The fraction of sp³-hybridized carbons (Fsp3) is 0.297. The standard InChI is InChI=1S/C37H38Cl3N3O6S/c1-48-34-19-18-31(22-35(34)49-2)50(46,47)43(30-16-14-27(38)15-17-30)24-36(44)42(23-26-12-13-28(39)21-32(26)40)33(20-25-8-4-3-5-9-25)37(45)41-29-10-6-7-11-29/h3-5,8-9,12-19,21-22,29,33H,6-7,10-11,20,23-24H2,1-2H3,(H,41,45)/t33-/m0/s1. The third-order valence-corrected chi connectivity index (χ3v) is 11.3. The Morgan fingerprint density at radius 2 is 1.50 bits per heavy atom. The molecule has 0 radical (unpaired) electrons. The van der Waals surface area contributed by atoms with Crippen molar-refractivity contribution in [2.45, 2.75) is 55.6 Å². The number of nitrogens with zero attached hydrogens (tertiary/aromatic N) is 2. The molecule has 1 saturated carbocycles. The van der Waals surface area contributed by atoms with Gasteiger partial charge in [0.1, 0.15) is 12.6 Å². The molecule has 4 aromatic carbocycles. The van der Waals surface area contributed by atoms with Crippen molar-refractivity contribution in [2.24, 2.45) is 0 Å². The number of carbonyl (C=O) groups excluding carboxylic acids is 2. The number of benzene rings is 4. The summed E-state index contributed by atoms with van der Waals surface area (Å²) in [5.41, 5.74) is 1.56. The van der Waals surface area contributed by atoms with Crippen LogP contribution in [0.2, 0.25) is 15.1 Å². The Bertz CT molecular complexity index is 1910. The summed E-state index contributed by atoms with van der Waals surface area (Å²) in [6.45, 7) is -0.735. The van der Waals surface area contributed by atoms with Gasteiger partial charge in [0.2, 0.25) is 11.8 Å². The molecule has 50 heavy (non-hydrogen) atoms. The van der Waals surface area contributed by atoms with Crippen molar-refractivity contribution >= 4 is 62.3 Å². The van der Waals surface area contributed by atoms with Gasteiger partial charge in [0.05, 0.1) is 24.8 Å². The van der Waals surface area contributed by atoms with Crippen LogP contribution in [0.3, 0.4) is 0 Å². The Morgan fingerprint density at radius 3 is 2.14 bits per heavy atom. The van der Waals surface area contributed by atoms with Crippen LogP contribution in [0.1, 0.15) is 36.8 Å². The van der Waals surface area contributed by atoms with Crippen molar-refractivity contribution in [2.75, 3.05) is 25.1 Å². The molecule has 1 aliphatic rings. The first-order valence-electron chi connectivity index (χ1n) is 16.1. The fourth-order valence-electron chi connectivity index (χ4n) is 6.00. The lowest BCUT2D eigenvalue weighted by Gasteiger charge is -2.34. The normalized spacial score (nSPS) is 13.8. The molecule has 2 amide bonds. The zero-order valence-corrected chi connectivity index (χ0v) is 30.7. The minimum Gasteiger partial charge on any atom is -0.493 e. The topological polar surface area (TPSA) is 105 Å². The molecule has 5 rings (SSSR count). The van der Waals surface area contributed by atoms with Gasteiger partial charge in [-0.2, -0.15) is 0 Å². The summed E-state index contributed by atoms with van der Waals surface area (Å²) in [4.78, 5) is 30.2. The lowest BCUT2D eigenvalue weighted by Crippen LogP contribution is -2.54. The van der Waals surface area contributed by atoms with Crippen molar-refractivity contribution in [3.8, 4) is 11.5 Å². The van der Waals surface area contributed by atoms with Gasteiger partial charge in [-0.3, -0.25) is 13.9 Å². The monoisotopic (exact) mass is 757 g/mol. The molecule has 1 aliphatic carbocycles. The first-order chi connectivity index (χ1) is 24.0. The molecule has 1 atom stereocenters. The third-order valence-electron chi connectivity index (χ3n) is 8.66. The second-order valence-electron chi connectivity index (χ2n) is 12.0. The van der Waals surface area contributed by atoms with Crippen molar-refractivity contribution in [1.29, 1.82) is 0 Å². The van der Waals surface area contributed by atoms with E-state index in [1.807, 2.05) is 30.3 Å². The number of hydrogen-bond acceptors (Lipinski definition) is 6. The molecule has 1 N–H and O–H groups in total. The summed E-state index contributed by atoms with van der Waals surface area (Å²) in [5, 5.41) is 4.25. The molecular weight excluding hydrogens is 721 g/mol. The minimum absolute atomic E-state index is 0.0205. The molecule has 0 aliphatic heterocycles. The van der Waals surface area contributed by atoms with Crippen molar-refractivity contribution in [3.05, 3.63) is 117 Å². The van der Waals surface area contributed by atoms with Gasteiger partial charge in [-0.1, -0.05) is 84.0 Å². The average molecular weight is 759 g/mol. The molecule has 264 valence electrons. The molecule has 9 nitrogen and oxygen atoms in total. The third kappa shape index (κ3) is 9.03. The van der Waals surface area contributed by atoms with Gasteiger partial charge in [-0.15, -0.1) is 0 Å². The van der Waals surface area contributed by atoms with E-state index in [9.17, 15) is 18.0 Å². The van der Waals surface area contributed by atoms with Crippen LogP contribution in [0, 0.1) is 0 Å². The number of sulfonamides is 1. The van der Waals surface area contributed by atoms with E-state index in [2.05, 4.69) is 5.32 Å². The first-order valence-corrected chi connectivity index (χ1v) is 18.7. The minimum atomic E-state index is -4.40. The van der Waals surface area contributed by atoms with E-state index in [0.717, 1.165) is 35.6 Å². The maximum Gasteiger partial charge on any atom is 0.264 e. The van der Waals surface area contributed by atoms with Gasteiger partial charge < -0.3 is 19.7 Å². The van der Waals surface area contributed by atoms with Crippen LogP contribution >= 0.6 is 34.8 Å². The van der Waals surface area contributed by atoms with Crippen molar-refractivity contribution < 1.29 is 27.5 Å². The Morgan fingerprint density at radius 1 is 0.840 bits per heavy atom. The molecule has 4 aromatic rings. The van der Waals surface area contributed by atoms with E-state index in [-0.39, 0.29) is 41.2 Å². The predicted octanol–water partition coefficient (Wildman–Crippen LogP) is 7.56. The molecule has 13 heteroatoms. The number of carbonyl (C=O) groups is 2. The summed E-state index contributed by atoms with van der Waals surface area (Å²) < 4.78 is 40.5. The highest BCUT2D eigenvalue weighted by atomic mass is 35.5. The zero-order valence-electron chi connectivity index (χ0n) is 27.7. The second-order valence-corrected chi connectivity index (χ2v) is 15.1. The number of halogens is 3.